The number of rotatable bonds is 5. The number of anilines is 1. The van der Waals surface area contributed by atoms with Gasteiger partial charge in [0.15, 0.2) is 0 Å². The number of carboxylic acid groups (broad SMARTS) is 1. The average molecular weight is 235 g/mol. The highest BCUT2D eigenvalue weighted by Crippen LogP contribution is 2.29. The lowest BCUT2D eigenvalue weighted by Crippen LogP contribution is -2.30. The Hall–Kier alpha value is -1.65. The van der Waals surface area contributed by atoms with E-state index in [-0.39, 0.29) is 6.42 Å². The molecule has 1 saturated carbocycles. The Morgan fingerprint density at radius 2 is 2.24 bits per heavy atom. The minimum absolute atomic E-state index is 0.132. The first-order valence-electron chi connectivity index (χ1n) is 5.86. The van der Waals surface area contributed by atoms with Crippen LogP contribution in [0.3, 0.4) is 0 Å². The minimum Gasteiger partial charge on any atom is -0.481 e. The molecule has 0 radical (unpaired) electrons. The van der Waals surface area contributed by atoms with Gasteiger partial charge in [-0.15, -0.1) is 0 Å². The maximum Gasteiger partial charge on any atom is 0.305 e. The molecule has 92 valence electrons. The molecular formula is C12H17N3O2. The summed E-state index contributed by atoms with van der Waals surface area (Å²) in [4.78, 5) is 21.4. The first kappa shape index (κ1) is 11.8. The third kappa shape index (κ3) is 2.93. The lowest BCUT2D eigenvalue weighted by atomic mass is 10.3. The fourth-order valence-corrected chi connectivity index (χ4v) is 1.70. The molecule has 0 bridgehead atoms. The molecule has 0 amide bonds. The molecule has 17 heavy (non-hydrogen) atoms. The van der Waals surface area contributed by atoms with E-state index < -0.39 is 5.97 Å². The summed E-state index contributed by atoms with van der Waals surface area (Å²) in [6.07, 6.45) is 4.15. The smallest absolute Gasteiger partial charge is 0.305 e. The number of hydrogen-bond acceptors (Lipinski definition) is 4. The van der Waals surface area contributed by atoms with Crippen molar-refractivity contribution in [3.05, 3.63) is 17.5 Å². The fourth-order valence-electron chi connectivity index (χ4n) is 1.70. The van der Waals surface area contributed by atoms with E-state index in [2.05, 4.69) is 9.97 Å². The van der Waals surface area contributed by atoms with Crippen molar-refractivity contribution in [2.75, 3.05) is 11.4 Å². The second kappa shape index (κ2) is 4.69. The van der Waals surface area contributed by atoms with E-state index in [1.165, 1.54) is 0 Å². The molecule has 0 aliphatic heterocycles. The van der Waals surface area contributed by atoms with E-state index in [4.69, 9.17) is 5.11 Å². The van der Waals surface area contributed by atoms with Gasteiger partial charge in [0.1, 0.15) is 0 Å². The molecule has 2 rings (SSSR count). The van der Waals surface area contributed by atoms with E-state index in [0.717, 1.165) is 24.1 Å². The normalized spacial score (nSPS) is 14.7. The van der Waals surface area contributed by atoms with E-state index in [1.54, 1.807) is 6.20 Å². The van der Waals surface area contributed by atoms with Crippen LogP contribution in [0.1, 0.15) is 30.5 Å². The molecule has 0 atom stereocenters. The molecule has 0 saturated heterocycles. The van der Waals surface area contributed by atoms with Crippen LogP contribution in [0, 0.1) is 13.8 Å². The molecule has 5 nitrogen and oxygen atoms in total. The third-order valence-corrected chi connectivity index (χ3v) is 3.02. The summed E-state index contributed by atoms with van der Waals surface area (Å²) in [6, 6.07) is 0.427. The molecule has 1 heterocycles. The topological polar surface area (TPSA) is 66.3 Å². The van der Waals surface area contributed by atoms with Crippen LogP contribution in [-0.4, -0.2) is 33.6 Å². The lowest BCUT2D eigenvalue weighted by Gasteiger charge is -2.21. The van der Waals surface area contributed by atoms with Gasteiger partial charge in [-0.2, -0.15) is 0 Å². The molecule has 1 aliphatic carbocycles. The van der Waals surface area contributed by atoms with Gasteiger partial charge in [0.2, 0.25) is 5.95 Å². The molecule has 5 heteroatoms. The van der Waals surface area contributed by atoms with Gasteiger partial charge in [-0.25, -0.2) is 9.97 Å². The van der Waals surface area contributed by atoms with Crippen LogP contribution in [0.2, 0.25) is 0 Å². The fraction of sp³-hybridized carbons (Fsp3) is 0.583. The van der Waals surface area contributed by atoms with Crippen molar-refractivity contribution in [2.45, 2.75) is 39.2 Å². The second-order valence-electron chi connectivity index (χ2n) is 4.51. The Labute approximate surface area is 100 Å². The van der Waals surface area contributed by atoms with Crippen molar-refractivity contribution in [1.82, 2.24) is 9.97 Å². The monoisotopic (exact) mass is 235 g/mol. The van der Waals surface area contributed by atoms with Gasteiger partial charge in [0.25, 0.3) is 0 Å². The number of carboxylic acids is 1. The Morgan fingerprint density at radius 3 is 2.76 bits per heavy atom. The van der Waals surface area contributed by atoms with Crippen molar-refractivity contribution in [1.29, 1.82) is 0 Å². The highest BCUT2D eigenvalue weighted by Gasteiger charge is 2.31. The maximum atomic E-state index is 10.6. The zero-order valence-corrected chi connectivity index (χ0v) is 10.2. The zero-order chi connectivity index (χ0) is 12.4. The summed E-state index contributed by atoms with van der Waals surface area (Å²) in [5, 5.41) is 8.74. The van der Waals surface area contributed by atoms with Crippen LogP contribution >= 0.6 is 0 Å². The van der Waals surface area contributed by atoms with Crippen molar-refractivity contribution < 1.29 is 9.90 Å². The van der Waals surface area contributed by atoms with Crippen molar-refractivity contribution in [3.63, 3.8) is 0 Å². The summed E-state index contributed by atoms with van der Waals surface area (Å²) < 4.78 is 0. The van der Waals surface area contributed by atoms with Gasteiger partial charge in [-0.3, -0.25) is 4.79 Å². The van der Waals surface area contributed by atoms with Crippen LogP contribution < -0.4 is 4.90 Å². The maximum absolute atomic E-state index is 10.6. The zero-order valence-electron chi connectivity index (χ0n) is 10.2. The molecule has 1 aromatic rings. The van der Waals surface area contributed by atoms with E-state index in [1.807, 2.05) is 18.7 Å². The standard InChI is InChI=1S/C12H17N3O2/c1-8-7-13-12(14-9(8)2)15(10-3-4-10)6-5-11(16)17/h7,10H,3-6H2,1-2H3,(H,16,17). The van der Waals surface area contributed by atoms with Gasteiger partial charge < -0.3 is 10.0 Å². The lowest BCUT2D eigenvalue weighted by molar-refractivity contribution is -0.136. The van der Waals surface area contributed by atoms with Gasteiger partial charge in [0, 0.05) is 24.5 Å². The number of hydrogen-bond donors (Lipinski definition) is 1. The van der Waals surface area contributed by atoms with Crippen molar-refractivity contribution >= 4 is 11.9 Å². The average Bonchev–Trinajstić information content (AvgIpc) is 3.07. The minimum atomic E-state index is -0.778. The Balaban J connectivity index is 2.14. The Morgan fingerprint density at radius 1 is 1.53 bits per heavy atom. The number of aromatic nitrogens is 2. The van der Waals surface area contributed by atoms with Crippen LogP contribution in [0.25, 0.3) is 0 Å². The van der Waals surface area contributed by atoms with Crippen LogP contribution in [0.4, 0.5) is 5.95 Å². The van der Waals surface area contributed by atoms with Gasteiger partial charge >= 0.3 is 5.97 Å². The largest absolute Gasteiger partial charge is 0.481 e. The quantitative estimate of drug-likeness (QED) is 0.838. The molecule has 0 unspecified atom stereocenters. The van der Waals surface area contributed by atoms with Gasteiger partial charge in [0.05, 0.1) is 6.42 Å². The first-order chi connectivity index (χ1) is 8.08. The second-order valence-corrected chi connectivity index (χ2v) is 4.51. The van der Waals surface area contributed by atoms with Crippen LogP contribution in [-0.2, 0) is 4.79 Å². The Bertz CT molecular complexity index is 430. The summed E-state index contributed by atoms with van der Waals surface area (Å²) in [5.41, 5.74) is 2.01. The molecule has 1 fully saturated rings. The summed E-state index contributed by atoms with van der Waals surface area (Å²) in [7, 11) is 0. The predicted molar refractivity (Wildman–Crippen MR) is 64.1 cm³/mol. The number of aliphatic carboxylic acids is 1. The van der Waals surface area contributed by atoms with E-state index in [9.17, 15) is 4.79 Å². The van der Waals surface area contributed by atoms with Crippen LogP contribution in [0.5, 0.6) is 0 Å². The molecule has 1 aromatic heterocycles. The number of nitrogens with zero attached hydrogens (tertiary/aromatic N) is 3. The summed E-state index contributed by atoms with van der Waals surface area (Å²) >= 11 is 0. The molecule has 1 N–H and O–H groups in total. The molecule has 0 aromatic carbocycles. The molecular weight excluding hydrogens is 218 g/mol. The van der Waals surface area contributed by atoms with Gasteiger partial charge in [-0.1, -0.05) is 0 Å². The SMILES string of the molecule is Cc1cnc(N(CCC(=O)O)C2CC2)nc1C. The number of carbonyl (C=O) groups is 1. The summed E-state index contributed by atoms with van der Waals surface area (Å²) in [5.74, 6) is -0.115. The van der Waals surface area contributed by atoms with Crippen LogP contribution in [0.15, 0.2) is 6.20 Å². The van der Waals surface area contributed by atoms with Crippen molar-refractivity contribution in [3.8, 4) is 0 Å². The van der Waals surface area contributed by atoms with Gasteiger partial charge in [-0.05, 0) is 32.3 Å². The Kier molecular flexibility index (Phi) is 3.26. The number of aryl methyl sites for hydroxylation is 2. The van der Waals surface area contributed by atoms with E-state index >= 15 is 0 Å². The highest BCUT2D eigenvalue weighted by atomic mass is 16.4. The predicted octanol–water partition coefficient (Wildman–Crippen LogP) is 1.54. The third-order valence-electron chi connectivity index (χ3n) is 3.02. The summed E-state index contributed by atoms with van der Waals surface area (Å²) in [6.45, 7) is 4.41. The first-order valence-corrected chi connectivity index (χ1v) is 5.86. The van der Waals surface area contributed by atoms with Crippen molar-refractivity contribution in [2.24, 2.45) is 0 Å². The van der Waals surface area contributed by atoms with E-state index in [0.29, 0.717) is 18.5 Å². The molecule has 0 spiro atoms. The highest BCUT2D eigenvalue weighted by molar-refractivity contribution is 5.67. The molecule has 1 aliphatic rings.